The summed E-state index contributed by atoms with van der Waals surface area (Å²) in [7, 11) is 0. The van der Waals surface area contributed by atoms with Crippen LogP contribution in [0.15, 0.2) is 84.5 Å². The smallest absolute Gasteiger partial charge is 0.329 e. The lowest BCUT2D eigenvalue weighted by Gasteiger charge is -2.09. The zero-order valence-electron chi connectivity index (χ0n) is 15.8. The van der Waals surface area contributed by atoms with E-state index in [9.17, 15) is 9.59 Å². The van der Waals surface area contributed by atoms with Crippen molar-refractivity contribution in [1.82, 2.24) is 10.7 Å². The monoisotopic (exact) mass is 387 g/mol. The number of nitrogens with zero attached hydrogens (tertiary/aromatic N) is 1. The largest absolute Gasteiger partial charge is 0.489 e. The average molecular weight is 387 g/mol. The molecule has 0 aromatic heterocycles. The van der Waals surface area contributed by atoms with E-state index in [1.807, 2.05) is 42.5 Å². The zero-order chi connectivity index (χ0) is 20.5. The third-order valence-electron chi connectivity index (χ3n) is 4.13. The van der Waals surface area contributed by atoms with Gasteiger partial charge in [-0.05, 0) is 34.0 Å². The summed E-state index contributed by atoms with van der Waals surface area (Å²) in [6, 6.07) is 21.6. The van der Waals surface area contributed by atoms with Gasteiger partial charge >= 0.3 is 11.8 Å². The van der Waals surface area contributed by atoms with Crippen molar-refractivity contribution in [2.75, 3.05) is 6.54 Å². The molecule has 0 radical (unpaired) electrons. The predicted molar refractivity (Wildman–Crippen MR) is 114 cm³/mol. The van der Waals surface area contributed by atoms with Crippen molar-refractivity contribution >= 4 is 28.8 Å². The number of fused-ring (bicyclic) bond motifs is 1. The number of benzene rings is 3. The summed E-state index contributed by atoms with van der Waals surface area (Å²) in [6.45, 7) is 4.11. The van der Waals surface area contributed by atoms with Crippen molar-refractivity contribution < 1.29 is 14.3 Å². The molecule has 0 saturated heterocycles. The quantitative estimate of drug-likeness (QED) is 0.283. The fourth-order valence-electron chi connectivity index (χ4n) is 2.73. The minimum Gasteiger partial charge on any atom is -0.489 e. The summed E-state index contributed by atoms with van der Waals surface area (Å²) in [6.07, 6.45) is 2.93. The van der Waals surface area contributed by atoms with E-state index in [1.165, 1.54) is 17.7 Å². The molecular weight excluding hydrogens is 366 g/mol. The molecule has 6 heteroatoms. The van der Waals surface area contributed by atoms with Crippen LogP contribution in [0, 0.1) is 0 Å². The van der Waals surface area contributed by atoms with Crippen LogP contribution in [-0.2, 0) is 16.2 Å². The van der Waals surface area contributed by atoms with Gasteiger partial charge in [-0.15, -0.1) is 6.58 Å². The summed E-state index contributed by atoms with van der Waals surface area (Å²) in [5.74, 6) is -0.933. The molecule has 3 aromatic carbocycles. The molecule has 0 saturated carbocycles. The Labute approximate surface area is 168 Å². The highest BCUT2D eigenvalue weighted by atomic mass is 16.5. The van der Waals surface area contributed by atoms with Gasteiger partial charge < -0.3 is 10.1 Å². The Balaban J connectivity index is 1.60. The maximum absolute atomic E-state index is 11.6. The second-order valence-electron chi connectivity index (χ2n) is 6.20. The first-order valence-corrected chi connectivity index (χ1v) is 9.09. The molecule has 0 aliphatic rings. The molecule has 0 spiro atoms. The highest BCUT2D eigenvalue weighted by Gasteiger charge is 2.10. The Kier molecular flexibility index (Phi) is 6.73. The van der Waals surface area contributed by atoms with Gasteiger partial charge in [0.25, 0.3) is 0 Å². The molecule has 0 heterocycles. The third-order valence-corrected chi connectivity index (χ3v) is 4.13. The van der Waals surface area contributed by atoms with E-state index in [4.69, 9.17) is 4.74 Å². The van der Waals surface area contributed by atoms with Gasteiger partial charge in [0.1, 0.15) is 12.4 Å². The molecule has 2 N–H and O–H groups in total. The average Bonchev–Trinajstić information content (AvgIpc) is 2.76. The van der Waals surface area contributed by atoms with Gasteiger partial charge in [-0.2, -0.15) is 5.10 Å². The molecule has 0 atom stereocenters. The van der Waals surface area contributed by atoms with Gasteiger partial charge in [0.15, 0.2) is 0 Å². The summed E-state index contributed by atoms with van der Waals surface area (Å²) in [5, 5.41) is 8.50. The lowest BCUT2D eigenvalue weighted by molar-refractivity contribution is -0.139. The Morgan fingerprint density at radius 3 is 2.66 bits per heavy atom. The van der Waals surface area contributed by atoms with E-state index >= 15 is 0 Å². The fraction of sp³-hybridized carbons (Fsp3) is 0.0870. The molecule has 6 nitrogen and oxygen atoms in total. The highest BCUT2D eigenvalue weighted by Crippen LogP contribution is 2.21. The number of nitrogens with one attached hydrogen (secondary N) is 2. The van der Waals surface area contributed by atoms with Crippen molar-refractivity contribution in [3.63, 3.8) is 0 Å². The van der Waals surface area contributed by atoms with Crippen molar-refractivity contribution in [2.45, 2.75) is 6.61 Å². The van der Waals surface area contributed by atoms with E-state index in [1.54, 1.807) is 6.07 Å². The lowest BCUT2D eigenvalue weighted by atomic mass is 10.1. The van der Waals surface area contributed by atoms with Crippen LogP contribution in [0.1, 0.15) is 11.1 Å². The van der Waals surface area contributed by atoms with E-state index < -0.39 is 11.8 Å². The second-order valence-corrected chi connectivity index (χ2v) is 6.20. The summed E-state index contributed by atoms with van der Waals surface area (Å²) >= 11 is 0. The van der Waals surface area contributed by atoms with E-state index in [0.717, 1.165) is 16.5 Å². The van der Waals surface area contributed by atoms with Gasteiger partial charge in [-0.1, -0.05) is 60.7 Å². The molecule has 0 bridgehead atoms. The number of ether oxygens (including phenoxy) is 1. The Bertz CT molecular complexity index is 1050. The molecular formula is C23H21N3O3. The van der Waals surface area contributed by atoms with Gasteiger partial charge in [-0.3, -0.25) is 9.59 Å². The van der Waals surface area contributed by atoms with Crippen LogP contribution in [0.4, 0.5) is 0 Å². The molecule has 0 aliphatic heterocycles. The molecule has 3 aromatic rings. The normalized spacial score (nSPS) is 10.6. The van der Waals surface area contributed by atoms with Crippen molar-refractivity contribution in [3.05, 3.63) is 90.5 Å². The highest BCUT2D eigenvalue weighted by molar-refractivity contribution is 6.35. The first kappa shape index (κ1) is 19.8. The van der Waals surface area contributed by atoms with Crippen molar-refractivity contribution in [2.24, 2.45) is 5.10 Å². The molecule has 29 heavy (non-hydrogen) atoms. The number of carbonyl (C=O) groups is 2. The summed E-state index contributed by atoms with van der Waals surface area (Å²) in [5.41, 5.74) is 4.01. The number of rotatable bonds is 7. The topological polar surface area (TPSA) is 79.8 Å². The van der Waals surface area contributed by atoms with Crippen LogP contribution < -0.4 is 15.5 Å². The van der Waals surface area contributed by atoms with Crippen LogP contribution in [0.3, 0.4) is 0 Å². The Hall–Kier alpha value is -3.93. The molecule has 2 amide bonds. The number of amides is 2. The number of hydrogen-bond donors (Lipinski definition) is 2. The first-order chi connectivity index (χ1) is 14.2. The van der Waals surface area contributed by atoms with Gasteiger partial charge in [0, 0.05) is 6.54 Å². The van der Waals surface area contributed by atoms with Crippen LogP contribution in [0.25, 0.3) is 10.8 Å². The maximum atomic E-state index is 11.6. The number of hydrazone groups is 1. The minimum absolute atomic E-state index is 0.214. The molecule has 3 rings (SSSR count). The van der Waals surface area contributed by atoms with Crippen LogP contribution in [0.5, 0.6) is 5.75 Å². The standard InChI is InChI=1S/C23H21N3O3/c1-2-13-24-22(27)23(28)26-25-15-17-7-5-11-20(14-17)29-16-19-10-6-9-18-8-3-4-12-21(18)19/h2-12,14-15H,1,13,16H2,(H,24,27)(H,26,28)/b25-15-. The number of hydrogen-bond acceptors (Lipinski definition) is 4. The fourth-order valence-corrected chi connectivity index (χ4v) is 2.73. The zero-order valence-corrected chi connectivity index (χ0v) is 15.8. The number of carbonyl (C=O) groups excluding carboxylic acids is 2. The van der Waals surface area contributed by atoms with Crippen LogP contribution >= 0.6 is 0 Å². The SMILES string of the molecule is C=CCNC(=O)C(=O)N/N=C\c1cccc(OCc2cccc3ccccc23)c1. The van der Waals surface area contributed by atoms with Crippen molar-refractivity contribution in [1.29, 1.82) is 0 Å². The summed E-state index contributed by atoms with van der Waals surface area (Å²) in [4.78, 5) is 23.0. The molecule has 0 unspecified atom stereocenters. The third kappa shape index (κ3) is 5.52. The molecule has 0 aliphatic carbocycles. The Morgan fingerprint density at radius 2 is 1.79 bits per heavy atom. The second kappa shape index (κ2) is 9.85. The molecule has 146 valence electrons. The van der Waals surface area contributed by atoms with Gasteiger partial charge in [0.05, 0.1) is 6.21 Å². The van der Waals surface area contributed by atoms with E-state index in [-0.39, 0.29) is 6.54 Å². The van der Waals surface area contributed by atoms with Crippen LogP contribution in [0.2, 0.25) is 0 Å². The first-order valence-electron chi connectivity index (χ1n) is 9.09. The molecule has 0 fully saturated rings. The summed E-state index contributed by atoms with van der Waals surface area (Å²) < 4.78 is 5.93. The van der Waals surface area contributed by atoms with Gasteiger partial charge in [-0.25, -0.2) is 5.43 Å². The van der Waals surface area contributed by atoms with E-state index in [0.29, 0.717) is 12.4 Å². The van der Waals surface area contributed by atoms with E-state index in [2.05, 4.69) is 40.6 Å². The van der Waals surface area contributed by atoms with Gasteiger partial charge in [0.2, 0.25) is 0 Å². The minimum atomic E-state index is -0.841. The Morgan fingerprint density at radius 1 is 1.00 bits per heavy atom. The lowest BCUT2D eigenvalue weighted by Crippen LogP contribution is -2.37. The van der Waals surface area contributed by atoms with Crippen molar-refractivity contribution in [3.8, 4) is 5.75 Å². The maximum Gasteiger partial charge on any atom is 0.329 e. The van der Waals surface area contributed by atoms with Crippen LogP contribution in [-0.4, -0.2) is 24.6 Å². The predicted octanol–water partition coefficient (Wildman–Crippen LogP) is 3.17.